The lowest BCUT2D eigenvalue weighted by Gasteiger charge is -2.20. The molecule has 4 aromatic rings. The van der Waals surface area contributed by atoms with Gasteiger partial charge in [-0.1, -0.05) is 66.7 Å². The molecule has 0 N–H and O–H groups in total. The first-order valence-electron chi connectivity index (χ1n) is 11.0. The molecule has 4 heteroatoms. The summed E-state index contributed by atoms with van der Waals surface area (Å²) in [5.41, 5.74) is 6.39. The molecule has 3 nitrogen and oxygen atoms in total. The predicted octanol–water partition coefficient (Wildman–Crippen LogP) is 7.43. The second-order valence-corrected chi connectivity index (χ2v) is 8.95. The molecular formula is C30H26O3S. The summed E-state index contributed by atoms with van der Waals surface area (Å²) >= 11 is 1.69. The third kappa shape index (κ3) is 4.42. The van der Waals surface area contributed by atoms with Crippen molar-refractivity contribution in [3.63, 3.8) is 0 Å². The van der Waals surface area contributed by atoms with Crippen LogP contribution in [0, 0.1) is 13.8 Å². The molecule has 0 aromatic heterocycles. The highest BCUT2D eigenvalue weighted by molar-refractivity contribution is 7.98. The third-order valence-electron chi connectivity index (χ3n) is 5.99. The highest BCUT2D eigenvalue weighted by Gasteiger charge is 2.24. The summed E-state index contributed by atoms with van der Waals surface area (Å²) in [6.45, 7) is 4.03. The molecule has 0 aliphatic rings. The van der Waals surface area contributed by atoms with Gasteiger partial charge in [-0.25, -0.2) is 0 Å². The van der Waals surface area contributed by atoms with Crippen molar-refractivity contribution < 1.29 is 14.3 Å². The van der Waals surface area contributed by atoms with Crippen molar-refractivity contribution in [3.8, 4) is 28.0 Å². The van der Waals surface area contributed by atoms with Gasteiger partial charge in [0.05, 0.1) is 7.11 Å². The van der Waals surface area contributed by atoms with Crippen molar-refractivity contribution in [1.82, 2.24) is 0 Å². The Balaban J connectivity index is 1.93. The summed E-state index contributed by atoms with van der Waals surface area (Å²) in [5.74, 6) is -0.214. The Morgan fingerprint density at radius 3 is 2.06 bits per heavy atom. The van der Waals surface area contributed by atoms with Crippen LogP contribution >= 0.6 is 11.8 Å². The fourth-order valence-electron chi connectivity index (χ4n) is 4.38. The lowest BCUT2D eigenvalue weighted by molar-refractivity contribution is 0.0817. The maximum absolute atomic E-state index is 13.4. The smallest absolute Gasteiger partial charge is 0.234 e. The number of hydrogen-bond donors (Lipinski definition) is 0. The summed E-state index contributed by atoms with van der Waals surface area (Å²) in [4.78, 5) is 27.6. The fourth-order valence-corrected chi connectivity index (χ4v) is 4.79. The lowest BCUT2D eigenvalue weighted by Crippen LogP contribution is -2.15. The normalized spacial score (nSPS) is 10.7. The molecule has 4 aromatic carbocycles. The Labute approximate surface area is 204 Å². The van der Waals surface area contributed by atoms with Crippen LogP contribution in [-0.4, -0.2) is 24.9 Å². The third-order valence-corrected chi connectivity index (χ3v) is 6.73. The van der Waals surface area contributed by atoms with Crippen LogP contribution in [0.1, 0.15) is 31.8 Å². The first-order chi connectivity index (χ1) is 16.5. The molecule has 0 atom stereocenters. The standard InChI is InChI=1S/C30H26O3S/c1-19-18-26(27(20(2)30(19)33-3)21-14-16-23(34-4)17-15-21)24-12-8-9-13-25(24)29(32)28(31)22-10-6-5-7-11-22/h5-18H,1-4H3. The van der Waals surface area contributed by atoms with Crippen molar-refractivity contribution >= 4 is 23.3 Å². The van der Waals surface area contributed by atoms with Crippen molar-refractivity contribution in [2.45, 2.75) is 18.7 Å². The zero-order valence-corrected chi connectivity index (χ0v) is 20.5. The number of carbonyl (C=O) groups excluding carboxylic acids is 2. The molecular weight excluding hydrogens is 440 g/mol. The van der Waals surface area contributed by atoms with E-state index in [4.69, 9.17) is 4.74 Å². The van der Waals surface area contributed by atoms with E-state index in [-0.39, 0.29) is 0 Å². The van der Waals surface area contributed by atoms with Gasteiger partial charge in [-0.15, -0.1) is 11.8 Å². The Morgan fingerprint density at radius 2 is 1.41 bits per heavy atom. The summed E-state index contributed by atoms with van der Waals surface area (Å²) in [7, 11) is 1.67. The summed E-state index contributed by atoms with van der Waals surface area (Å²) in [5, 5.41) is 0. The number of hydrogen-bond acceptors (Lipinski definition) is 4. The van der Waals surface area contributed by atoms with Crippen LogP contribution in [-0.2, 0) is 0 Å². The maximum Gasteiger partial charge on any atom is 0.234 e. The molecule has 0 saturated heterocycles. The lowest BCUT2D eigenvalue weighted by atomic mass is 9.85. The monoisotopic (exact) mass is 466 g/mol. The van der Waals surface area contributed by atoms with Crippen molar-refractivity contribution in [3.05, 3.63) is 107 Å². The van der Waals surface area contributed by atoms with E-state index in [1.54, 1.807) is 55.3 Å². The van der Waals surface area contributed by atoms with E-state index in [9.17, 15) is 9.59 Å². The van der Waals surface area contributed by atoms with Gasteiger partial charge in [0.25, 0.3) is 0 Å². The van der Waals surface area contributed by atoms with Gasteiger partial charge in [0.1, 0.15) is 5.75 Å². The van der Waals surface area contributed by atoms with E-state index >= 15 is 0 Å². The van der Waals surface area contributed by atoms with Gasteiger partial charge < -0.3 is 4.74 Å². The minimum Gasteiger partial charge on any atom is -0.496 e. The number of Topliss-reactive ketones (excluding diaryl/α,β-unsaturated/α-hetero) is 2. The predicted molar refractivity (Wildman–Crippen MR) is 140 cm³/mol. The number of ether oxygens (including phenoxy) is 1. The van der Waals surface area contributed by atoms with Crippen LogP contribution in [0.5, 0.6) is 5.75 Å². The Bertz CT molecular complexity index is 1360. The molecule has 0 fully saturated rings. The van der Waals surface area contributed by atoms with Gasteiger partial charge in [0, 0.05) is 16.0 Å². The molecule has 0 radical (unpaired) electrons. The van der Waals surface area contributed by atoms with Gasteiger partial charge in [-0.3, -0.25) is 9.59 Å². The van der Waals surface area contributed by atoms with Crippen LogP contribution in [0.25, 0.3) is 22.3 Å². The first kappa shape index (κ1) is 23.5. The van der Waals surface area contributed by atoms with Crippen LogP contribution in [0.3, 0.4) is 0 Å². The zero-order valence-electron chi connectivity index (χ0n) is 19.7. The second kappa shape index (κ2) is 10.1. The molecule has 34 heavy (non-hydrogen) atoms. The van der Waals surface area contributed by atoms with Gasteiger partial charge in [-0.2, -0.15) is 0 Å². The van der Waals surface area contributed by atoms with E-state index in [0.717, 1.165) is 39.1 Å². The van der Waals surface area contributed by atoms with Crippen molar-refractivity contribution in [2.24, 2.45) is 0 Å². The molecule has 0 spiro atoms. The van der Waals surface area contributed by atoms with Gasteiger partial charge >= 0.3 is 0 Å². The van der Waals surface area contributed by atoms with E-state index in [1.165, 1.54) is 4.90 Å². The number of aryl methyl sites for hydroxylation is 1. The summed E-state index contributed by atoms with van der Waals surface area (Å²) in [6, 6.07) is 26.4. The quantitative estimate of drug-likeness (QED) is 0.161. The van der Waals surface area contributed by atoms with E-state index < -0.39 is 11.6 Å². The number of rotatable bonds is 7. The highest BCUT2D eigenvalue weighted by Crippen LogP contribution is 2.42. The molecule has 0 heterocycles. The molecule has 4 rings (SSSR count). The SMILES string of the molecule is COc1c(C)cc(-c2ccccc2C(=O)C(=O)c2ccccc2)c(-c2ccc(SC)cc2)c1C. The van der Waals surface area contributed by atoms with Crippen molar-refractivity contribution in [2.75, 3.05) is 13.4 Å². The number of ketones is 2. The van der Waals surface area contributed by atoms with Crippen LogP contribution < -0.4 is 4.74 Å². The second-order valence-electron chi connectivity index (χ2n) is 8.07. The molecule has 0 amide bonds. The fraction of sp³-hybridized carbons (Fsp3) is 0.133. The maximum atomic E-state index is 13.4. The van der Waals surface area contributed by atoms with Gasteiger partial charge in [0.15, 0.2) is 0 Å². The first-order valence-corrected chi connectivity index (χ1v) is 12.2. The Hall–Kier alpha value is -3.63. The molecule has 170 valence electrons. The molecule has 0 aliphatic carbocycles. The number of methoxy groups -OCH3 is 1. The molecule has 0 bridgehead atoms. The minimum absolute atomic E-state index is 0.386. The van der Waals surface area contributed by atoms with Crippen LogP contribution in [0.2, 0.25) is 0 Å². The highest BCUT2D eigenvalue weighted by atomic mass is 32.2. The molecule has 0 aliphatic heterocycles. The average Bonchev–Trinajstić information content (AvgIpc) is 2.88. The van der Waals surface area contributed by atoms with Gasteiger partial charge in [0.2, 0.25) is 11.6 Å². The molecule has 0 saturated carbocycles. The Kier molecular flexibility index (Phi) is 6.99. The van der Waals surface area contributed by atoms with E-state index in [0.29, 0.717) is 11.1 Å². The largest absolute Gasteiger partial charge is 0.496 e. The van der Waals surface area contributed by atoms with Crippen LogP contribution in [0.15, 0.2) is 89.8 Å². The zero-order chi connectivity index (χ0) is 24.2. The number of carbonyl (C=O) groups is 2. The van der Waals surface area contributed by atoms with Crippen molar-refractivity contribution in [1.29, 1.82) is 0 Å². The molecule has 0 unspecified atom stereocenters. The average molecular weight is 467 g/mol. The summed E-state index contributed by atoms with van der Waals surface area (Å²) < 4.78 is 5.72. The van der Waals surface area contributed by atoms with Crippen LogP contribution in [0.4, 0.5) is 0 Å². The van der Waals surface area contributed by atoms with Gasteiger partial charge in [-0.05, 0) is 71.7 Å². The number of benzene rings is 4. The topological polar surface area (TPSA) is 43.4 Å². The summed E-state index contributed by atoms with van der Waals surface area (Å²) in [6.07, 6.45) is 2.05. The number of thioether (sulfide) groups is 1. The minimum atomic E-state index is -0.517. The Morgan fingerprint density at radius 1 is 0.765 bits per heavy atom. The van der Waals surface area contributed by atoms with E-state index in [1.807, 2.05) is 44.4 Å². The van der Waals surface area contributed by atoms with E-state index in [2.05, 4.69) is 24.3 Å².